The molecule has 18 heavy (non-hydrogen) atoms. The molecule has 1 saturated heterocycles. The molecule has 0 saturated carbocycles. The highest BCUT2D eigenvalue weighted by molar-refractivity contribution is 7.89. The Hall–Kier alpha value is -1.18. The van der Waals surface area contributed by atoms with Crippen LogP contribution in [-0.2, 0) is 10.0 Å². The highest BCUT2D eigenvalue weighted by atomic mass is 32.2. The van der Waals surface area contributed by atoms with Gasteiger partial charge in [-0.05, 0) is 24.3 Å². The van der Waals surface area contributed by atoms with Crippen molar-refractivity contribution in [3.05, 3.63) is 24.3 Å². The number of nitrogens with one attached hydrogen (secondary N) is 1. The summed E-state index contributed by atoms with van der Waals surface area (Å²) in [6.45, 7) is 1.31. The van der Waals surface area contributed by atoms with E-state index >= 15 is 0 Å². The Morgan fingerprint density at radius 3 is 2.39 bits per heavy atom. The number of sulfonamides is 1. The van der Waals surface area contributed by atoms with Gasteiger partial charge in [0.2, 0.25) is 16.9 Å². The Morgan fingerprint density at radius 1 is 1.22 bits per heavy atom. The van der Waals surface area contributed by atoms with Crippen molar-refractivity contribution in [2.75, 3.05) is 33.0 Å². The van der Waals surface area contributed by atoms with Crippen LogP contribution < -0.4 is 10.1 Å². The minimum absolute atomic E-state index is 0.204. The zero-order valence-corrected chi connectivity index (χ0v) is 10.6. The summed E-state index contributed by atoms with van der Waals surface area (Å²) in [5.41, 5.74) is 0. The summed E-state index contributed by atoms with van der Waals surface area (Å²) in [4.78, 5) is 0.204. The first-order chi connectivity index (χ1) is 8.64. The van der Waals surface area contributed by atoms with Gasteiger partial charge in [0.1, 0.15) is 5.75 Å². The van der Waals surface area contributed by atoms with E-state index in [1.807, 2.05) is 0 Å². The van der Waals surface area contributed by atoms with Crippen LogP contribution in [0.3, 0.4) is 0 Å². The molecule has 0 aromatic heterocycles. The van der Waals surface area contributed by atoms with Crippen LogP contribution in [0.5, 0.6) is 5.75 Å². The van der Waals surface area contributed by atoms with Crippen LogP contribution in [0, 0.1) is 0 Å². The molecule has 0 atom stereocenters. The lowest BCUT2D eigenvalue weighted by Gasteiger charge is -2.26. The number of hydrogen-bond acceptors (Lipinski definition) is 4. The summed E-state index contributed by atoms with van der Waals surface area (Å²) < 4.78 is 42.5. The second-order valence-electron chi connectivity index (χ2n) is 3.88. The molecular formula is C11H15FN2O3S. The van der Waals surface area contributed by atoms with Crippen molar-refractivity contribution >= 4 is 10.0 Å². The number of alkyl halides is 1. The molecule has 2 rings (SSSR count). The minimum Gasteiger partial charge on any atom is -0.463 e. The van der Waals surface area contributed by atoms with Gasteiger partial charge in [0, 0.05) is 26.2 Å². The fraction of sp³-hybridized carbons (Fsp3) is 0.455. The average Bonchev–Trinajstić information content (AvgIpc) is 2.41. The Balaban J connectivity index is 2.18. The largest absolute Gasteiger partial charge is 0.463 e. The normalized spacial score (nSPS) is 17.6. The van der Waals surface area contributed by atoms with Gasteiger partial charge in [-0.15, -0.1) is 0 Å². The maximum atomic E-state index is 12.2. The molecule has 1 heterocycles. The Morgan fingerprint density at radius 2 is 1.83 bits per heavy atom. The van der Waals surface area contributed by atoms with Crippen molar-refractivity contribution in [3.63, 3.8) is 0 Å². The fourth-order valence-corrected chi connectivity index (χ4v) is 3.25. The molecule has 1 aromatic carbocycles. The lowest BCUT2D eigenvalue weighted by molar-refractivity contribution is 0.191. The maximum Gasteiger partial charge on any atom is 0.243 e. The van der Waals surface area contributed by atoms with Gasteiger partial charge >= 0.3 is 0 Å². The van der Waals surface area contributed by atoms with E-state index in [-0.39, 0.29) is 4.90 Å². The van der Waals surface area contributed by atoms with Gasteiger partial charge < -0.3 is 10.1 Å². The molecule has 0 aliphatic carbocycles. The molecule has 0 bridgehead atoms. The van der Waals surface area contributed by atoms with Crippen LogP contribution in [0.25, 0.3) is 0 Å². The number of benzene rings is 1. The second kappa shape index (κ2) is 5.64. The third-order valence-corrected chi connectivity index (χ3v) is 4.67. The first-order valence-electron chi connectivity index (χ1n) is 5.64. The summed E-state index contributed by atoms with van der Waals surface area (Å²) in [5, 5.41) is 3.10. The molecule has 1 aliphatic rings. The summed E-state index contributed by atoms with van der Waals surface area (Å²) in [6.07, 6.45) is 0. The minimum atomic E-state index is -3.45. The van der Waals surface area contributed by atoms with Crippen LogP contribution in [0.15, 0.2) is 29.2 Å². The molecule has 0 radical (unpaired) electrons. The molecule has 0 unspecified atom stereocenters. The van der Waals surface area contributed by atoms with Crippen LogP contribution in [-0.4, -0.2) is 45.8 Å². The van der Waals surface area contributed by atoms with Crippen LogP contribution in [0.1, 0.15) is 0 Å². The Bertz CT molecular complexity index is 484. The second-order valence-corrected chi connectivity index (χ2v) is 5.82. The van der Waals surface area contributed by atoms with Crippen molar-refractivity contribution in [1.82, 2.24) is 9.62 Å². The zero-order chi connectivity index (χ0) is 13.0. The van der Waals surface area contributed by atoms with E-state index in [2.05, 4.69) is 10.1 Å². The van der Waals surface area contributed by atoms with E-state index < -0.39 is 16.9 Å². The number of ether oxygens (including phenoxy) is 1. The number of rotatable bonds is 4. The molecule has 7 heteroatoms. The third-order valence-electron chi connectivity index (χ3n) is 2.76. The van der Waals surface area contributed by atoms with Gasteiger partial charge in [-0.2, -0.15) is 4.31 Å². The van der Waals surface area contributed by atoms with Crippen LogP contribution in [0.4, 0.5) is 4.39 Å². The van der Waals surface area contributed by atoms with E-state index in [1.165, 1.54) is 28.6 Å². The quantitative estimate of drug-likeness (QED) is 0.873. The molecule has 5 nitrogen and oxygen atoms in total. The van der Waals surface area contributed by atoms with Gasteiger partial charge in [-0.1, -0.05) is 0 Å². The van der Waals surface area contributed by atoms with Crippen LogP contribution in [0.2, 0.25) is 0 Å². The van der Waals surface area contributed by atoms with Crippen molar-refractivity contribution in [3.8, 4) is 5.75 Å². The van der Waals surface area contributed by atoms with Gasteiger partial charge in [0.15, 0.2) is 0 Å². The Labute approximate surface area is 106 Å². The standard InChI is InChI=1S/C11H15FN2O3S/c12-9-17-10-1-3-11(4-2-10)18(15,16)14-7-5-13-6-8-14/h1-4,13H,5-9H2. The molecular weight excluding hydrogens is 259 g/mol. The fourth-order valence-electron chi connectivity index (χ4n) is 1.80. The van der Waals surface area contributed by atoms with Crippen molar-refractivity contribution in [2.24, 2.45) is 0 Å². The lowest BCUT2D eigenvalue weighted by atomic mass is 10.3. The van der Waals surface area contributed by atoms with Crippen LogP contribution >= 0.6 is 0 Å². The number of nitrogens with zero attached hydrogens (tertiary/aromatic N) is 1. The topological polar surface area (TPSA) is 58.6 Å². The summed E-state index contributed by atoms with van der Waals surface area (Å²) in [7, 11) is -3.45. The maximum absolute atomic E-state index is 12.2. The van der Waals surface area contributed by atoms with Crippen molar-refractivity contribution in [1.29, 1.82) is 0 Å². The summed E-state index contributed by atoms with van der Waals surface area (Å²) >= 11 is 0. The monoisotopic (exact) mass is 274 g/mol. The lowest BCUT2D eigenvalue weighted by Crippen LogP contribution is -2.46. The van der Waals surface area contributed by atoms with Gasteiger partial charge in [0.25, 0.3) is 0 Å². The van der Waals surface area contributed by atoms with Gasteiger partial charge in [-0.25, -0.2) is 12.8 Å². The highest BCUT2D eigenvalue weighted by Gasteiger charge is 2.25. The molecule has 0 spiro atoms. The molecule has 1 aliphatic heterocycles. The third kappa shape index (κ3) is 2.80. The smallest absolute Gasteiger partial charge is 0.243 e. The summed E-state index contributed by atoms with van der Waals surface area (Å²) in [5.74, 6) is 0.316. The van der Waals surface area contributed by atoms with E-state index in [1.54, 1.807) is 0 Å². The predicted molar refractivity (Wildman–Crippen MR) is 64.7 cm³/mol. The van der Waals surface area contributed by atoms with E-state index in [0.717, 1.165) is 0 Å². The first kappa shape index (κ1) is 13.3. The number of halogens is 1. The zero-order valence-electron chi connectivity index (χ0n) is 9.80. The van der Waals surface area contributed by atoms with E-state index in [0.29, 0.717) is 31.9 Å². The highest BCUT2D eigenvalue weighted by Crippen LogP contribution is 2.19. The van der Waals surface area contributed by atoms with Gasteiger partial charge in [-0.3, -0.25) is 0 Å². The molecule has 0 amide bonds. The summed E-state index contributed by atoms with van der Waals surface area (Å²) in [6, 6.07) is 5.77. The van der Waals surface area contributed by atoms with E-state index in [9.17, 15) is 12.8 Å². The van der Waals surface area contributed by atoms with Gasteiger partial charge in [0.05, 0.1) is 4.90 Å². The SMILES string of the molecule is O=S(=O)(c1ccc(OCF)cc1)N1CCNCC1. The number of hydrogen-bond donors (Lipinski definition) is 1. The number of piperazine rings is 1. The van der Waals surface area contributed by atoms with Crippen molar-refractivity contribution < 1.29 is 17.5 Å². The molecule has 1 aromatic rings. The molecule has 1 N–H and O–H groups in total. The van der Waals surface area contributed by atoms with E-state index in [4.69, 9.17) is 0 Å². The average molecular weight is 274 g/mol. The predicted octanol–water partition coefficient (Wildman–Crippen LogP) is 0.586. The van der Waals surface area contributed by atoms with Crippen molar-refractivity contribution in [2.45, 2.75) is 4.90 Å². The molecule has 100 valence electrons. The Kier molecular flexibility index (Phi) is 4.15. The first-order valence-corrected chi connectivity index (χ1v) is 7.08. The molecule has 1 fully saturated rings.